The molecule has 0 N–H and O–H groups in total. The topological polar surface area (TPSA) is 27.1 Å². The second-order valence-corrected chi connectivity index (χ2v) is 4.97. The number of rotatable bonds is 2. The number of fused-ring (bicyclic) bond motifs is 1. The first kappa shape index (κ1) is 11.1. The molecule has 0 saturated carbocycles. The van der Waals surface area contributed by atoms with E-state index >= 15 is 0 Å². The normalized spacial score (nSPS) is 20.2. The summed E-state index contributed by atoms with van der Waals surface area (Å²) in [5.74, 6) is 1.03. The molecule has 0 bridgehead atoms. The van der Waals surface area contributed by atoms with Crippen LogP contribution in [0.15, 0.2) is 18.2 Å². The fourth-order valence-electron chi connectivity index (χ4n) is 2.45. The van der Waals surface area contributed by atoms with Crippen LogP contribution in [0.5, 0.6) is 0 Å². The molecule has 1 atom stereocenters. The molecule has 1 fully saturated rings. The Labute approximate surface area is 105 Å². The first-order chi connectivity index (χ1) is 8.24. The van der Waals surface area contributed by atoms with Crippen LogP contribution in [0.25, 0.3) is 11.0 Å². The Kier molecular flexibility index (Phi) is 2.81. The summed E-state index contributed by atoms with van der Waals surface area (Å²) in [5, 5.41) is 0.735. The van der Waals surface area contributed by atoms with Crippen LogP contribution in [0.3, 0.4) is 0 Å². The van der Waals surface area contributed by atoms with Crippen LogP contribution in [0.2, 0.25) is 5.02 Å². The molecule has 2 heterocycles. The molecule has 0 aliphatic carbocycles. The number of aromatic nitrogens is 2. The lowest BCUT2D eigenvalue weighted by Gasteiger charge is -2.12. The minimum absolute atomic E-state index is 0.335. The lowest BCUT2D eigenvalue weighted by Crippen LogP contribution is -2.15. The van der Waals surface area contributed by atoms with Crippen LogP contribution in [0, 0.1) is 6.92 Å². The molecule has 0 spiro atoms. The Morgan fingerprint density at radius 1 is 1.53 bits per heavy atom. The molecule has 4 heteroatoms. The maximum atomic E-state index is 5.98. The molecule has 90 valence electrons. The van der Waals surface area contributed by atoms with E-state index in [9.17, 15) is 0 Å². The van der Waals surface area contributed by atoms with Gasteiger partial charge in [0.1, 0.15) is 5.82 Å². The van der Waals surface area contributed by atoms with Gasteiger partial charge in [-0.25, -0.2) is 4.98 Å². The molecule has 2 aromatic rings. The summed E-state index contributed by atoms with van der Waals surface area (Å²) in [6.45, 7) is 3.81. The molecule has 1 aromatic heterocycles. The number of imidazole rings is 1. The summed E-state index contributed by atoms with van der Waals surface area (Å²) in [6, 6.07) is 5.86. The minimum atomic E-state index is 0.335. The van der Waals surface area contributed by atoms with Gasteiger partial charge in [-0.2, -0.15) is 0 Å². The molecule has 3 rings (SSSR count). The van der Waals surface area contributed by atoms with Gasteiger partial charge in [-0.1, -0.05) is 11.6 Å². The summed E-state index contributed by atoms with van der Waals surface area (Å²) in [7, 11) is 0. The van der Waals surface area contributed by atoms with E-state index in [0.717, 1.165) is 41.5 Å². The van der Waals surface area contributed by atoms with E-state index in [1.807, 2.05) is 25.1 Å². The van der Waals surface area contributed by atoms with Gasteiger partial charge in [-0.15, -0.1) is 0 Å². The Balaban J connectivity index is 1.99. The summed E-state index contributed by atoms with van der Waals surface area (Å²) in [4.78, 5) is 4.54. The van der Waals surface area contributed by atoms with Crippen molar-refractivity contribution in [3.63, 3.8) is 0 Å². The Morgan fingerprint density at radius 2 is 2.41 bits per heavy atom. The molecule has 1 saturated heterocycles. The number of hydrogen-bond donors (Lipinski definition) is 0. The van der Waals surface area contributed by atoms with Crippen LogP contribution in [0.4, 0.5) is 0 Å². The van der Waals surface area contributed by atoms with Gasteiger partial charge in [0.05, 0.1) is 23.7 Å². The number of benzene rings is 1. The van der Waals surface area contributed by atoms with Crippen molar-refractivity contribution < 1.29 is 4.74 Å². The minimum Gasteiger partial charge on any atom is -0.376 e. The van der Waals surface area contributed by atoms with E-state index in [4.69, 9.17) is 16.3 Å². The van der Waals surface area contributed by atoms with Crippen molar-refractivity contribution in [2.45, 2.75) is 32.4 Å². The zero-order valence-corrected chi connectivity index (χ0v) is 10.6. The third-order valence-electron chi connectivity index (χ3n) is 3.31. The maximum Gasteiger partial charge on any atom is 0.106 e. The zero-order valence-electron chi connectivity index (χ0n) is 9.82. The molecule has 3 nitrogen and oxygen atoms in total. The van der Waals surface area contributed by atoms with Crippen molar-refractivity contribution in [2.24, 2.45) is 0 Å². The van der Waals surface area contributed by atoms with Crippen LogP contribution in [-0.4, -0.2) is 22.3 Å². The molecular formula is C13H15ClN2O. The van der Waals surface area contributed by atoms with E-state index in [1.54, 1.807) is 0 Å². The van der Waals surface area contributed by atoms with Crippen molar-refractivity contribution in [3.8, 4) is 0 Å². The highest BCUT2D eigenvalue weighted by molar-refractivity contribution is 6.31. The molecule has 1 aliphatic heterocycles. The van der Waals surface area contributed by atoms with Gasteiger partial charge in [-0.05, 0) is 38.0 Å². The fraction of sp³-hybridized carbons (Fsp3) is 0.462. The summed E-state index contributed by atoms with van der Waals surface area (Å²) in [6.07, 6.45) is 2.65. The number of halogens is 1. The molecular weight excluding hydrogens is 236 g/mol. The summed E-state index contributed by atoms with van der Waals surface area (Å²) in [5.41, 5.74) is 2.11. The van der Waals surface area contributed by atoms with Gasteiger partial charge in [0.25, 0.3) is 0 Å². The third-order valence-corrected chi connectivity index (χ3v) is 3.55. The van der Waals surface area contributed by atoms with Crippen molar-refractivity contribution in [2.75, 3.05) is 6.61 Å². The average molecular weight is 251 g/mol. The standard InChI is InChI=1S/C13H15ClN2O/c1-9-15-12-7-10(14)4-5-13(12)16(9)8-11-3-2-6-17-11/h4-5,7,11H,2-3,6,8H2,1H3. The van der Waals surface area contributed by atoms with E-state index in [-0.39, 0.29) is 0 Å². The highest BCUT2D eigenvalue weighted by Gasteiger charge is 2.18. The van der Waals surface area contributed by atoms with Crippen LogP contribution < -0.4 is 0 Å². The predicted octanol–water partition coefficient (Wildman–Crippen LogP) is 3.18. The van der Waals surface area contributed by atoms with E-state index in [2.05, 4.69) is 9.55 Å². The quantitative estimate of drug-likeness (QED) is 0.819. The van der Waals surface area contributed by atoms with Gasteiger partial charge in [0.2, 0.25) is 0 Å². The molecule has 1 aliphatic rings. The fourth-order valence-corrected chi connectivity index (χ4v) is 2.61. The molecule has 17 heavy (non-hydrogen) atoms. The molecule has 1 aromatic carbocycles. The largest absolute Gasteiger partial charge is 0.376 e. The number of aryl methyl sites for hydroxylation is 1. The Bertz CT molecular complexity index is 544. The smallest absolute Gasteiger partial charge is 0.106 e. The van der Waals surface area contributed by atoms with Crippen molar-refractivity contribution in [3.05, 3.63) is 29.0 Å². The monoisotopic (exact) mass is 250 g/mol. The predicted molar refractivity (Wildman–Crippen MR) is 68.5 cm³/mol. The summed E-state index contributed by atoms with van der Waals surface area (Å²) < 4.78 is 7.90. The van der Waals surface area contributed by atoms with Crippen LogP contribution in [-0.2, 0) is 11.3 Å². The lowest BCUT2D eigenvalue weighted by atomic mass is 10.2. The van der Waals surface area contributed by atoms with Crippen LogP contribution in [0.1, 0.15) is 18.7 Å². The van der Waals surface area contributed by atoms with Gasteiger partial charge >= 0.3 is 0 Å². The molecule has 0 amide bonds. The average Bonchev–Trinajstić information content (AvgIpc) is 2.88. The maximum absolute atomic E-state index is 5.98. The van der Waals surface area contributed by atoms with E-state index in [0.29, 0.717) is 6.10 Å². The van der Waals surface area contributed by atoms with Gasteiger partial charge < -0.3 is 9.30 Å². The second-order valence-electron chi connectivity index (χ2n) is 4.54. The van der Waals surface area contributed by atoms with Gasteiger partial charge in [-0.3, -0.25) is 0 Å². The highest BCUT2D eigenvalue weighted by atomic mass is 35.5. The number of nitrogens with zero attached hydrogens (tertiary/aromatic N) is 2. The molecule has 0 radical (unpaired) electrons. The SMILES string of the molecule is Cc1nc2cc(Cl)ccc2n1CC1CCCO1. The van der Waals surface area contributed by atoms with Crippen molar-refractivity contribution >= 4 is 22.6 Å². The van der Waals surface area contributed by atoms with E-state index < -0.39 is 0 Å². The van der Waals surface area contributed by atoms with Gasteiger partial charge in [0.15, 0.2) is 0 Å². The van der Waals surface area contributed by atoms with Crippen LogP contribution >= 0.6 is 11.6 Å². The first-order valence-corrected chi connectivity index (χ1v) is 6.36. The Morgan fingerprint density at radius 3 is 3.18 bits per heavy atom. The Hall–Kier alpha value is -1.06. The zero-order chi connectivity index (χ0) is 11.8. The number of hydrogen-bond acceptors (Lipinski definition) is 2. The van der Waals surface area contributed by atoms with E-state index in [1.165, 1.54) is 6.42 Å². The van der Waals surface area contributed by atoms with Gasteiger partial charge in [0, 0.05) is 11.6 Å². The summed E-state index contributed by atoms with van der Waals surface area (Å²) >= 11 is 5.98. The second kappa shape index (κ2) is 4.31. The van der Waals surface area contributed by atoms with Crippen molar-refractivity contribution in [1.82, 2.24) is 9.55 Å². The first-order valence-electron chi connectivity index (χ1n) is 5.98. The lowest BCUT2D eigenvalue weighted by molar-refractivity contribution is 0.0974. The number of ether oxygens (including phenoxy) is 1. The molecule has 1 unspecified atom stereocenters. The highest BCUT2D eigenvalue weighted by Crippen LogP contribution is 2.22. The van der Waals surface area contributed by atoms with Crippen molar-refractivity contribution in [1.29, 1.82) is 0 Å². The third kappa shape index (κ3) is 2.05.